The zero-order valence-corrected chi connectivity index (χ0v) is 12.1. The van der Waals surface area contributed by atoms with Crippen molar-refractivity contribution in [3.8, 4) is 0 Å². The van der Waals surface area contributed by atoms with E-state index in [2.05, 4.69) is 15.9 Å². The molecular formula is C13H8BrCl2FO. The average Bonchev–Trinajstić information content (AvgIpc) is 2.32. The summed E-state index contributed by atoms with van der Waals surface area (Å²) in [6.07, 6.45) is -0.997. The molecule has 0 bridgehead atoms. The molecule has 1 nitrogen and oxygen atoms in total. The molecule has 0 aliphatic heterocycles. The van der Waals surface area contributed by atoms with Crippen LogP contribution >= 0.6 is 39.1 Å². The van der Waals surface area contributed by atoms with Crippen molar-refractivity contribution in [1.29, 1.82) is 0 Å². The van der Waals surface area contributed by atoms with Crippen molar-refractivity contribution in [2.24, 2.45) is 0 Å². The van der Waals surface area contributed by atoms with Crippen molar-refractivity contribution in [3.05, 3.63) is 67.9 Å². The maximum atomic E-state index is 13.1. The summed E-state index contributed by atoms with van der Waals surface area (Å²) >= 11 is 15.1. The number of aliphatic hydroxyl groups excluding tert-OH is 1. The highest BCUT2D eigenvalue weighted by Crippen LogP contribution is 2.34. The minimum atomic E-state index is -0.997. The molecule has 0 aliphatic carbocycles. The van der Waals surface area contributed by atoms with Crippen LogP contribution in [0.2, 0.25) is 10.0 Å². The number of halogens is 4. The monoisotopic (exact) mass is 348 g/mol. The van der Waals surface area contributed by atoms with Crippen LogP contribution in [-0.2, 0) is 0 Å². The van der Waals surface area contributed by atoms with Gasteiger partial charge in [0.1, 0.15) is 11.9 Å². The minimum absolute atomic E-state index is 0.280. The fraction of sp³-hybridized carbons (Fsp3) is 0.0769. The van der Waals surface area contributed by atoms with Crippen LogP contribution in [0.5, 0.6) is 0 Å². The van der Waals surface area contributed by atoms with Gasteiger partial charge in [-0.3, -0.25) is 0 Å². The molecule has 1 N–H and O–H groups in total. The lowest BCUT2D eigenvalue weighted by atomic mass is 10.0. The molecule has 1 atom stereocenters. The second-order valence-corrected chi connectivity index (χ2v) is 5.38. The predicted molar refractivity (Wildman–Crippen MR) is 74.6 cm³/mol. The van der Waals surface area contributed by atoms with Crippen molar-refractivity contribution in [2.45, 2.75) is 6.10 Å². The van der Waals surface area contributed by atoms with Gasteiger partial charge < -0.3 is 5.11 Å². The molecule has 0 amide bonds. The lowest BCUT2D eigenvalue weighted by molar-refractivity contribution is 0.220. The van der Waals surface area contributed by atoms with Gasteiger partial charge in [-0.15, -0.1) is 0 Å². The Morgan fingerprint density at radius 2 is 1.72 bits per heavy atom. The van der Waals surface area contributed by atoms with Crippen LogP contribution in [0.3, 0.4) is 0 Å². The van der Waals surface area contributed by atoms with E-state index in [1.165, 1.54) is 18.2 Å². The number of aliphatic hydroxyl groups is 1. The van der Waals surface area contributed by atoms with Crippen LogP contribution in [0.4, 0.5) is 4.39 Å². The summed E-state index contributed by atoms with van der Waals surface area (Å²) in [5.74, 6) is -0.392. The third-order valence-electron chi connectivity index (χ3n) is 2.53. The molecule has 2 aromatic carbocycles. The molecule has 0 spiro atoms. The number of hydrogen-bond acceptors (Lipinski definition) is 1. The Balaban J connectivity index is 2.48. The normalized spacial score (nSPS) is 12.5. The van der Waals surface area contributed by atoms with E-state index >= 15 is 0 Å². The Kier molecular flexibility index (Phi) is 4.28. The highest BCUT2D eigenvalue weighted by Gasteiger charge is 2.18. The summed E-state index contributed by atoms with van der Waals surface area (Å²) < 4.78 is 13.4. The first-order chi connectivity index (χ1) is 8.50. The van der Waals surface area contributed by atoms with Gasteiger partial charge in [0.15, 0.2) is 0 Å². The molecule has 0 aromatic heterocycles. The zero-order chi connectivity index (χ0) is 13.3. The Morgan fingerprint density at radius 3 is 2.28 bits per heavy atom. The summed E-state index contributed by atoms with van der Waals surface area (Å²) in [7, 11) is 0. The van der Waals surface area contributed by atoms with Crippen LogP contribution in [0.15, 0.2) is 40.9 Å². The van der Waals surface area contributed by atoms with Gasteiger partial charge in [-0.1, -0.05) is 35.3 Å². The highest BCUT2D eigenvalue weighted by atomic mass is 79.9. The molecule has 0 heterocycles. The van der Waals surface area contributed by atoms with Crippen LogP contribution in [0, 0.1) is 5.82 Å². The van der Waals surface area contributed by atoms with Gasteiger partial charge in [0.05, 0.1) is 4.47 Å². The smallest absolute Gasteiger partial charge is 0.137 e. The Hall–Kier alpha value is -0.610. The van der Waals surface area contributed by atoms with Gasteiger partial charge in [0.2, 0.25) is 0 Å². The van der Waals surface area contributed by atoms with Gasteiger partial charge in [-0.2, -0.15) is 0 Å². The quantitative estimate of drug-likeness (QED) is 0.810. The lowest BCUT2D eigenvalue weighted by Crippen LogP contribution is -2.02. The lowest BCUT2D eigenvalue weighted by Gasteiger charge is -2.15. The highest BCUT2D eigenvalue weighted by molar-refractivity contribution is 9.10. The third-order valence-corrected chi connectivity index (χ3v) is 3.80. The van der Waals surface area contributed by atoms with E-state index in [9.17, 15) is 9.50 Å². The number of hydrogen-bond donors (Lipinski definition) is 1. The van der Waals surface area contributed by atoms with E-state index in [-0.39, 0.29) is 4.47 Å². The molecule has 0 saturated heterocycles. The van der Waals surface area contributed by atoms with Crippen LogP contribution in [-0.4, -0.2) is 5.11 Å². The number of rotatable bonds is 2. The second-order valence-electron chi connectivity index (χ2n) is 3.71. The minimum Gasteiger partial charge on any atom is -0.384 e. The summed E-state index contributed by atoms with van der Waals surface area (Å²) in [6.45, 7) is 0. The van der Waals surface area contributed by atoms with Gasteiger partial charge >= 0.3 is 0 Å². The molecule has 0 fully saturated rings. The summed E-state index contributed by atoms with van der Waals surface area (Å²) in [5.41, 5.74) is 0.928. The first-order valence-corrected chi connectivity index (χ1v) is 6.62. The maximum Gasteiger partial charge on any atom is 0.137 e. The molecule has 5 heteroatoms. The van der Waals surface area contributed by atoms with Gasteiger partial charge in [0.25, 0.3) is 0 Å². The van der Waals surface area contributed by atoms with E-state index < -0.39 is 11.9 Å². The molecule has 0 aliphatic rings. The van der Waals surface area contributed by atoms with Gasteiger partial charge in [0, 0.05) is 15.6 Å². The van der Waals surface area contributed by atoms with E-state index in [1.807, 2.05) is 0 Å². The molecular weight excluding hydrogens is 342 g/mol. The second kappa shape index (κ2) is 5.57. The van der Waals surface area contributed by atoms with E-state index in [0.29, 0.717) is 21.2 Å². The van der Waals surface area contributed by atoms with Gasteiger partial charge in [-0.05, 0) is 45.8 Å². The molecule has 2 aromatic rings. The van der Waals surface area contributed by atoms with Crippen molar-refractivity contribution < 1.29 is 9.50 Å². The predicted octanol–water partition coefficient (Wildman–Crippen LogP) is 4.98. The van der Waals surface area contributed by atoms with Crippen molar-refractivity contribution in [2.75, 3.05) is 0 Å². The topological polar surface area (TPSA) is 20.2 Å². The maximum absolute atomic E-state index is 13.1. The van der Waals surface area contributed by atoms with E-state index in [0.717, 1.165) is 0 Å². The third kappa shape index (κ3) is 2.69. The first kappa shape index (κ1) is 13.8. The molecule has 2 rings (SSSR count). The molecule has 0 saturated carbocycles. The summed E-state index contributed by atoms with van der Waals surface area (Å²) in [6, 6.07) is 9.24. The van der Waals surface area contributed by atoms with Crippen molar-refractivity contribution in [3.63, 3.8) is 0 Å². The molecule has 18 heavy (non-hydrogen) atoms. The zero-order valence-electron chi connectivity index (χ0n) is 9.00. The fourth-order valence-corrected chi connectivity index (χ4v) is 2.62. The van der Waals surface area contributed by atoms with E-state index in [1.54, 1.807) is 18.2 Å². The molecule has 1 unspecified atom stereocenters. The Bertz CT molecular complexity index is 569. The Labute approximate surface area is 122 Å². The SMILES string of the molecule is OC(c1ccc(F)c(Br)c1)c1c(Cl)cccc1Cl. The van der Waals surface area contributed by atoms with Crippen LogP contribution < -0.4 is 0 Å². The Morgan fingerprint density at radius 1 is 1.11 bits per heavy atom. The molecule has 94 valence electrons. The fourth-order valence-electron chi connectivity index (χ4n) is 1.62. The number of benzene rings is 2. The summed E-state index contributed by atoms with van der Waals surface area (Å²) in [4.78, 5) is 0. The van der Waals surface area contributed by atoms with Crippen LogP contribution in [0.25, 0.3) is 0 Å². The van der Waals surface area contributed by atoms with Gasteiger partial charge in [-0.25, -0.2) is 4.39 Å². The van der Waals surface area contributed by atoms with Crippen LogP contribution in [0.1, 0.15) is 17.2 Å². The van der Waals surface area contributed by atoms with E-state index in [4.69, 9.17) is 23.2 Å². The van der Waals surface area contributed by atoms with Crippen molar-refractivity contribution >= 4 is 39.1 Å². The average molecular weight is 350 g/mol. The summed E-state index contributed by atoms with van der Waals surface area (Å²) in [5, 5.41) is 11.0. The first-order valence-electron chi connectivity index (χ1n) is 5.07. The molecule has 0 radical (unpaired) electrons. The van der Waals surface area contributed by atoms with Crippen molar-refractivity contribution in [1.82, 2.24) is 0 Å². The largest absolute Gasteiger partial charge is 0.384 e. The standard InChI is InChI=1S/C13H8BrCl2FO/c14-8-6-7(4-5-11(8)17)13(18)12-9(15)2-1-3-10(12)16/h1-6,13,18H.